The molecule has 5 heteroatoms. The summed E-state index contributed by atoms with van der Waals surface area (Å²) in [7, 11) is -2.76. The zero-order valence-electron chi connectivity index (χ0n) is 10.7. The van der Waals surface area contributed by atoms with Gasteiger partial charge in [0, 0.05) is 25.7 Å². The quantitative estimate of drug-likeness (QED) is 0.782. The zero-order chi connectivity index (χ0) is 12.3. The number of hydrogen-bond donors (Lipinski definition) is 1. The third kappa shape index (κ3) is 4.56. The smallest absolute Gasteiger partial charge is 0.151 e. The first kappa shape index (κ1) is 13.3. The topological polar surface area (TPSA) is 49.4 Å². The molecule has 17 heavy (non-hydrogen) atoms. The molecule has 1 unspecified atom stereocenters. The molecule has 0 radical (unpaired) electrons. The first-order valence-corrected chi connectivity index (χ1v) is 8.55. The molecular weight excluding hydrogens is 236 g/mol. The van der Waals surface area contributed by atoms with Gasteiger partial charge in [0.1, 0.15) is 0 Å². The van der Waals surface area contributed by atoms with E-state index in [0.717, 1.165) is 32.0 Å². The molecule has 1 aliphatic heterocycles. The Hall–Kier alpha value is -0.130. The van der Waals surface area contributed by atoms with E-state index in [4.69, 9.17) is 0 Å². The van der Waals surface area contributed by atoms with Crippen LogP contribution < -0.4 is 5.32 Å². The molecule has 1 heterocycles. The van der Waals surface area contributed by atoms with Gasteiger partial charge < -0.3 is 10.2 Å². The Kier molecular flexibility index (Phi) is 4.44. The van der Waals surface area contributed by atoms with E-state index >= 15 is 0 Å². The van der Waals surface area contributed by atoms with Crippen molar-refractivity contribution in [2.45, 2.75) is 32.2 Å². The van der Waals surface area contributed by atoms with Gasteiger partial charge in [0.2, 0.25) is 0 Å². The second kappa shape index (κ2) is 5.67. The van der Waals surface area contributed by atoms with Crippen molar-refractivity contribution in [3.8, 4) is 0 Å². The van der Waals surface area contributed by atoms with Crippen molar-refractivity contribution < 1.29 is 8.42 Å². The summed E-state index contributed by atoms with van der Waals surface area (Å²) in [5.41, 5.74) is 0. The Morgan fingerprint density at radius 1 is 1.29 bits per heavy atom. The van der Waals surface area contributed by atoms with Crippen molar-refractivity contribution >= 4 is 9.84 Å². The van der Waals surface area contributed by atoms with Crippen LogP contribution in [0.1, 0.15) is 26.2 Å². The standard InChI is InChI=1S/C12H24N2O2S/c1-11(12-3-4-12)13-5-7-14-6-2-9-17(15,16)10-8-14/h11-13H,2-10H2,1H3. The van der Waals surface area contributed by atoms with Gasteiger partial charge in [0.25, 0.3) is 0 Å². The number of nitrogens with one attached hydrogen (secondary N) is 1. The summed E-state index contributed by atoms with van der Waals surface area (Å²) in [5.74, 6) is 1.60. The zero-order valence-corrected chi connectivity index (χ0v) is 11.5. The minimum Gasteiger partial charge on any atom is -0.313 e. The highest BCUT2D eigenvalue weighted by atomic mass is 32.2. The van der Waals surface area contributed by atoms with Crippen LogP contribution in [0.4, 0.5) is 0 Å². The number of rotatable bonds is 5. The van der Waals surface area contributed by atoms with Crippen LogP contribution in [0.25, 0.3) is 0 Å². The SMILES string of the molecule is CC(NCCN1CCCS(=O)(=O)CC1)C1CC1. The minimum atomic E-state index is -2.76. The van der Waals surface area contributed by atoms with Crippen LogP contribution in [0.5, 0.6) is 0 Å². The van der Waals surface area contributed by atoms with Gasteiger partial charge in [-0.05, 0) is 38.6 Å². The molecule has 1 aliphatic carbocycles. The summed E-state index contributed by atoms with van der Waals surface area (Å²) in [6, 6.07) is 0.630. The molecular formula is C12H24N2O2S. The van der Waals surface area contributed by atoms with Crippen molar-refractivity contribution in [3.63, 3.8) is 0 Å². The van der Waals surface area contributed by atoms with E-state index in [-0.39, 0.29) is 0 Å². The maximum absolute atomic E-state index is 11.5. The van der Waals surface area contributed by atoms with Gasteiger partial charge in [-0.3, -0.25) is 0 Å². The molecule has 0 amide bonds. The van der Waals surface area contributed by atoms with E-state index in [9.17, 15) is 8.42 Å². The van der Waals surface area contributed by atoms with E-state index < -0.39 is 9.84 Å². The molecule has 100 valence electrons. The molecule has 0 aromatic heterocycles. The molecule has 2 fully saturated rings. The van der Waals surface area contributed by atoms with Crippen LogP contribution >= 0.6 is 0 Å². The molecule has 2 aliphatic rings. The predicted octanol–water partition coefficient (Wildman–Crippen LogP) is 0.495. The van der Waals surface area contributed by atoms with Crippen molar-refractivity contribution in [2.24, 2.45) is 5.92 Å². The Balaban J connectivity index is 1.65. The first-order valence-electron chi connectivity index (χ1n) is 6.73. The molecule has 1 saturated heterocycles. The second-order valence-electron chi connectivity index (χ2n) is 5.43. The van der Waals surface area contributed by atoms with E-state index in [2.05, 4.69) is 17.1 Å². The Morgan fingerprint density at radius 3 is 2.76 bits per heavy atom. The van der Waals surface area contributed by atoms with Crippen LogP contribution in [-0.2, 0) is 9.84 Å². The Morgan fingerprint density at radius 2 is 2.06 bits per heavy atom. The lowest BCUT2D eigenvalue weighted by molar-refractivity contribution is 0.287. The fourth-order valence-electron chi connectivity index (χ4n) is 2.43. The van der Waals surface area contributed by atoms with Gasteiger partial charge in [-0.1, -0.05) is 0 Å². The third-order valence-corrected chi connectivity index (χ3v) is 5.59. The average molecular weight is 260 g/mol. The van der Waals surface area contributed by atoms with Crippen LogP contribution in [0.2, 0.25) is 0 Å². The molecule has 0 aromatic rings. The average Bonchev–Trinajstić information content (AvgIpc) is 3.07. The molecule has 0 aromatic carbocycles. The number of sulfone groups is 1. The fraction of sp³-hybridized carbons (Fsp3) is 1.00. The van der Waals surface area contributed by atoms with E-state index in [1.807, 2.05) is 0 Å². The van der Waals surface area contributed by atoms with Crippen molar-refractivity contribution in [1.82, 2.24) is 10.2 Å². The molecule has 4 nitrogen and oxygen atoms in total. The summed E-state index contributed by atoms with van der Waals surface area (Å²) in [4.78, 5) is 2.27. The molecule has 1 atom stereocenters. The lowest BCUT2D eigenvalue weighted by Gasteiger charge is -2.21. The lowest BCUT2D eigenvalue weighted by Crippen LogP contribution is -2.38. The molecule has 2 rings (SSSR count). The highest BCUT2D eigenvalue weighted by Gasteiger charge is 2.27. The van der Waals surface area contributed by atoms with Crippen LogP contribution in [0.15, 0.2) is 0 Å². The van der Waals surface area contributed by atoms with Gasteiger partial charge in [-0.15, -0.1) is 0 Å². The summed E-state index contributed by atoms with van der Waals surface area (Å²) in [6.45, 7) is 5.86. The third-order valence-electron chi connectivity index (χ3n) is 3.87. The van der Waals surface area contributed by atoms with E-state index in [1.54, 1.807) is 0 Å². The first-order chi connectivity index (χ1) is 8.07. The number of nitrogens with zero attached hydrogens (tertiary/aromatic N) is 1. The van der Waals surface area contributed by atoms with Gasteiger partial charge >= 0.3 is 0 Å². The summed E-state index contributed by atoms with van der Waals surface area (Å²) < 4.78 is 22.9. The van der Waals surface area contributed by atoms with E-state index in [0.29, 0.717) is 24.1 Å². The maximum atomic E-state index is 11.5. The van der Waals surface area contributed by atoms with Gasteiger partial charge in [-0.25, -0.2) is 8.42 Å². The summed E-state index contributed by atoms with van der Waals surface area (Å²) in [6.07, 6.45) is 3.53. The van der Waals surface area contributed by atoms with Gasteiger partial charge in [-0.2, -0.15) is 0 Å². The predicted molar refractivity (Wildman–Crippen MR) is 69.9 cm³/mol. The molecule has 0 spiro atoms. The molecule has 0 bridgehead atoms. The number of hydrogen-bond acceptors (Lipinski definition) is 4. The van der Waals surface area contributed by atoms with Gasteiger partial charge in [0.15, 0.2) is 9.84 Å². The monoisotopic (exact) mass is 260 g/mol. The van der Waals surface area contributed by atoms with Crippen molar-refractivity contribution in [1.29, 1.82) is 0 Å². The molecule has 1 saturated carbocycles. The van der Waals surface area contributed by atoms with Crippen LogP contribution in [0.3, 0.4) is 0 Å². The van der Waals surface area contributed by atoms with Crippen LogP contribution in [-0.4, -0.2) is 57.0 Å². The van der Waals surface area contributed by atoms with Crippen molar-refractivity contribution in [3.05, 3.63) is 0 Å². The lowest BCUT2D eigenvalue weighted by atomic mass is 10.2. The highest BCUT2D eigenvalue weighted by Crippen LogP contribution is 2.32. The van der Waals surface area contributed by atoms with E-state index in [1.165, 1.54) is 12.8 Å². The minimum absolute atomic E-state index is 0.338. The van der Waals surface area contributed by atoms with Crippen molar-refractivity contribution in [2.75, 3.05) is 37.7 Å². The molecule has 1 N–H and O–H groups in total. The second-order valence-corrected chi connectivity index (χ2v) is 7.73. The fourth-order valence-corrected chi connectivity index (χ4v) is 3.74. The maximum Gasteiger partial charge on any atom is 0.151 e. The largest absolute Gasteiger partial charge is 0.313 e. The van der Waals surface area contributed by atoms with Crippen LogP contribution in [0, 0.1) is 5.92 Å². The van der Waals surface area contributed by atoms with Gasteiger partial charge in [0.05, 0.1) is 11.5 Å². The summed E-state index contributed by atoms with van der Waals surface area (Å²) in [5, 5.41) is 3.54. The normalized spacial score (nSPS) is 27.6. The Labute approximate surface area is 105 Å². The Bertz CT molecular complexity index is 338. The summed E-state index contributed by atoms with van der Waals surface area (Å²) >= 11 is 0. The highest BCUT2D eigenvalue weighted by molar-refractivity contribution is 7.91.